The Morgan fingerprint density at radius 3 is 2.59 bits per heavy atom. The van der Waals surface area contributed by atoms with Gasteiger partial charge in [-0.1, -0.05) is 29.5 Å². The molecule has 0 aliphatic heterocycles. The number of ketones is 1. The second-order valence-electron chi connectivity index (χ2n) is 7.28. The molecule has 0 atom stereocenters. The molecule has 0 amide bonds. The van der Waals surface area contributed by atoms with Gasteiger partial charge in [0.2, 0.25) is 0 Å². The highest BCUT2D eigenvalue weighted by molar-refractivity contribution is 5.98. The summed E-state index contributed by atoms with van der Waals surface area (Å²) in [5.74, 6) is 0.124. The number of aryl methyl sites for hydroxylation is 1. The van der Waals surface area contributed by atoms with Crippen LogP contribution >= 0.6 is 0 Å². The molecule has 4 rings (SSSR count). The molecular formula is C23H23N5O. The topological polar surface area (TPSA) is 63.9 Å². The fourth-order valence-corrected chi connectivity index (χ4v) is 3.44. The first-order chi connectivity index (χ1) is 14.0. The van der Waals surface area contributed by atoms with Crippen molar-refractivity contribution in [3.63, 3.8) is 0 Å². The van der Waals surface area contributed by atoms with Gasteiger partial charge in [0.15, 0.2) is 11.4 Å². The Bertz CT molecular complexity index is 1160. The molecule has 0 spiro atoms. The second kappa shape index (κ2) is 7.83. The average molecular weight is 385 g/mol. The number of Topliss-reactive ketones (excluding diaryl/α,β-unsaturated/α-hetero) is 1. The Morgan fingerprint density at radius 2 is 1.83 bits per heavy atom. The molecule has 0 fully saturated rings. The zero-order chi connectivity index (χ0) is 20.4. The van der Waals surface area contributed by atoms with Gasteiger partial charge in [-0.25, -0.2) is 4.98 Å². The molecule has 6 nitrogen and oxygen atoms in total. The number of nitrogens with zero attached hydrogens (tertiary/aromatic N) is 5. The minimum Gasteiger partial charge on any atom is -0.378 e. The van der Waals surface area contributed by atoms with Crippen LogP contribution in [0.3, 0.4) is 0 Å². The van der Waals surface area contributed by atoms with Gasteiger partial charge in [-0.05, 0) is 54.8 Å². The molecule has 6 heteroatoms. The molecule has 146 valence electrons. The molecule has 0 aliphatic carbocycles. The number of hydrogen-bond donors (Lipinski definition) is 0. The molecule has 0 bridgehead atoms. The summed E-state index contributed by atoms with van der Waals surface area (Å²) in [6.07, 6.45) is 2.89. The van der Waals surface area contributed by atoms with Crippen molar-refractivity contribution in [2.24, 2.45) is 0 Å². The van der Waals surface area contributed by atoms with Crippen molar-refractivity contribution in [2.45, 2.75) is 19.8 Å². The summed E-state index contributed by atoms with van der Waals surface area (Å²) in [4.78, 5) is 19.4. The fourth-order valence-electron chi connectivity index (χ4n) is 3.44. The molecule has 2 aromatic carbocycles. The number of fused-ring (bicyclic) bond motifs is 1. The van der Waals surface area contributed by atoms with Crippen LogP contribution in [0.15, 0.2) is 60.8 Å². The fraction of sp³-hybridized carbons (Fsp3) is 0.217. The first kappa shape index (κ1) is 18.8. The number of aromatic nitrogens is 4. The Hall–Kier alpha value is -3.54. The molecular weight excluding hydrogens is 362 g/mol. The standard InChI is InChI=1S/C23H23N5O/c1-16-19(22(29)14-11-17-9-12-18(13-10-17)27(2)3)6-4-8-21(16)28-23-20(25-26-28)7-5-15-24-23/h4-10,12-13,15H,11,14H2,1-3H3. The average Bonchev–Trinajstić information content (AvgIpc) is 3.16. The first-order valence-corrected chi connectivity index (χ1v) is 9.60. The van der Waals surface area contributed by atoms with Crippen LogP contribution in [0.25, 0.3) is 16.9 Å². The van der Waals surface area contributed by atoms with Gasteiger partial charge in [0.25, 0.3) is 0 Å². The zero-order valence-corrected chi connectivity index (χ0v) is 16.8. The van der Waals surface area contributed by atoms with E-state index in [1.807, 2.05) is 51.4 Å². The third kappa shape index (κ3) is 3.74. The number of rotatable bonds is 6. The molecule has 0 aliphatic rings. The Kier molecular flexibility index (Phi) is 5.08. The Morgan fingerprint density at radius 1 is 1.03 bits per heavy atom. The molecule has 0 unspecified atom stereocenters. The molecule has 29 heavy (non-hydrogen) atoms. The summed E-state index contributed by atoms with van der Waals surface area (Å²) >= 11 is 0. The van der Waals surface area contributed by atoms with Gasteiger partial charge in [-0.2, -0.15) is 4.68 Å². The molecule has 2 aromatic heterocycles. The molecule has 0 saturated carbocycles. The van der Waals surface area contributed by atoms with Crippen molar-refractivity contribution < 1.29 is 4.79 Å². The maximum Gasteiger partial charge on any atom is 0.183 e. The predicted molar refractivity (Wildman–Crippen MR) is 115 cm³/mol. The van der Waals surface area contributed by atoms with E-state index in [9.17, 15) is 4.79 Å². The number of carbonyl (C=O) groups is 1. The van der Waals surface area contributed by atoms with Crippen molar-refractivity contribution in [1.29, 1.82) is 0 Å². The van der Waals surface area contributed by atoms with Crippen LogP contribution in [-0.4, -0.2) is 39.9 Å². The van der Waals surface area contributed by atoms with Crippen LogP contribution < -0.4 is 4.90 Å². The van der Waals surface area contributed by atoms with Crippen LogP contribution in [0, 0.1) is 6.92 Å². The largest absolute Gasteiger partial charge is 0.378 e. The van der Waals surface area contributed by atoms with Crippen LogP contribution in [-0.2, 0) is 6.42 Å². The van der Waals surface area contributed by atoms with Crippen molar-refractivity contribution in [3.8, 4) is 5.69 Å². The van der Waals surface area contributed by atoms with Gasteiger partial charge in [-0.15, -0.1) is 5.10 Å². The third-order valence-electron chi connectivity index (χ3n) is 5.14. The highest BCUT2D eigenvalue weighted by atomic mass is 16.1. The SMILES string of the molecule is Cc1c(C(=O)CCc2ccc(N(C)C)cc2)cccc1-n1nnc2cccnc21. The minimum absolute atomic E-state index is 0.124. The molecule has 0 radical (unpaired) electrons. The van der Waals surface area contributed by atoms with Crippen molar-refractivity contribution in [2.75, 3.05) is 19.0 Å². The lowest BCUT2D eigenvalue weighted by Gasteiger charge is -2.13. The molecule has 0 N–H and O–H groups in total. The predicted octanol–water partition coefficient (Wildman–Crippen LogP) is 4.01. The quantitative estimate of drug-likeness (QED) is 0.469. The van der Waals surface area contributed by atoms with Crippen molar-refractivity contribution in [1.82, 2.24) is 20.0 Å². The zero-order valence-electron chi connectivity index (χ0n) is 16.8. The van der Waals surface area contributed by atoms with E-state index in [1.54, 1.807) is 10.9 Å². The number of anilines is 1. The van der Waals surface area contributed by atoms with Crippen LogP contribution in [0.5, 0.6) is 0 Å². The second-order valence-corrected chi connectivity index (χ2v) is 7.28. The molecule has 0 saturated heterocycles. The van der Waals surface area contributed by atoms with E-state index in [0.717, 1.165) is 28.0 Å². The highest BCUT2D eigenvalue weighted by Gasteiger charge is 2.15. The number of benzene rings is 2. The van der Waals surface area contributed by atoms with Gasteiger partial charge in [0.1, 0.15) is 5.52 Å². The van der Waals surface area contributed by atoms with Gasteiger partial charge in [0, 0.05) is 38.0 Å². The smallest absolute Gasteiger partial charge is 0.183 e. The first-order valence-electron chi connectivity index (χ1n) is 9.60. The van der Waals surface area contributed by atoms with E-state index in [1.165, 1.54) is 0 Å². The van der Waals surface area contributed by atoms with Gasteiger partial charge < -0.3 is 4.90 Å². The number of pyridine rings is 1. The van der Waals surface area contributed by atoms with E-state index >= 15 is 0 Å². The van der Waals surface area contributed by atoms with Crippen LogP contribution in [0.1, 0.15) is 27.9 Å². The monoisotopic (exact) mass is 385 g/mol. The van der Waals surface area contributed by atoms with Gasteiger partial charge in [0.05, 0.1) is 5.69 Å². The summed E-state index contributed by atoms with van der Waals surface area (Å²) in [6.45, 7) is 1.95. The summed E-state index contributed by atoms with van der Waals surface area (Å²) < 4.78 is 1.70. The summed E-state index contributed by atoms with van der Waals surface area (Å²) in [6, 6.07) is 17.7. The van der Waals surface area contributed by atoms with Crippen molar-refractivity contribution in [3.05, 3.63) is 77.5 Å². The van der Waals surface area contributed by atoms with E-state index < -0.39 is 0 Å². The maximum absolute atomic E-state index is 12.9. The van der Waals surface area contributed by atoms with Crippen molar-refractivity contribution >= 4 is 22.6 Å². The summed E-state index contributed by atoms with van der Waals surface area (Å²) in [5.41, 5.74) is 6.14. The van der Waals surface area contributed by atoms with E-state index in [-0.39, 0.29) is 5.78 Å². The Labute approximate surface area is 169 Å². The van der Waals surface area contributed by atoms with Gasteiger partial charge in [-0.3, -0.25) is 4.79 Å². The van der Waals surface area contributed by atoms with Crippen LogP contribution in [0.2, 0.25) is 0 Å². The maximum atomic E-state index is 12.9. The Balaban J connectivity index is 1.56. The number of carbonyl (C=O) groups excluding carboxylic acids is 1. The highest BCUT2D eigenvalue weighted by Crippen LogP contribution is 2.22. The van der Waals surface area contributed by atoms with E-state index in [2.05, 4.69) is 44.5 Å². The minimum atomic E-state index is 0.124. The number of hydrogen-bond acceptors (Lipinski definition) is 5. The van der Waals surface area contributed by atoms with Crippen LogP contribution in [0.4, 0.5) is 5.69 Å². The third-order valence-corrected chi connectivity index (χ3v) is 5.14. The summed E-state index contributed by atoms with van der Waals surface area (Å²) in [7, 11) is 4.03. The lowest BCUT2D eigenvalue weighted by molar-refractivity contribution is 0.0982. The molecule has 2 heterocycles. The van der Waals surface area contributed by atoms with Gasteiger partial charge >= 0.3 is 0 Å². The lowest BCUT2D eigenvalue weighted by Crippen LogP contribution is -2.09. The lowest BCUT2D eigenvalue weighted by atomic mass is 9.98. The molecule has 4 aromatic rings. The van der Waals surface area contributed by atoms with E-state index in [4.69, 9.17) is 0 Å². The normalized spacial score (nSPS) is 11.0. The van der Waals surface area contributed by atoms with E-state index in [0.29, 0.717) is 24.1 Å². The summed E-state index contributed by atoms with van der Waals surface area (Å²) in [5, 5.41) is 8.40.